The molecule has 4 nitrogen and oxygen atoms in total. The van der Waals surface area contributed by atoms with Gasteiger partial charge in [-0.2, -0.15) is 0 Å². The van der Waals surface area contributed by atoms with Crippen LogP contribution in [0.4, 0.5) is 0 Å². The van der Waals surface area contributed by atoms with E-state index < -0.39 is 0 Å². The summed E-state index contributed by atoms with van der Waals surface area (Å²) in [4.78, 5) is 15.4. The summed E-state index contributed by atoms with van der Waals surface area (Å²) in [5.74, 6) is 1.33. The molecule has 0 spiro atoms. The van der Waals surface area contributed by atoms with Gasteiger partial charge in [-0.05, 0) is 48.2 Å². The monoisotopic (exact) mass is 346 g/mol. The van der Waals surface area contributed by atoms with Gasteiger partial charge in [0.05, 0.1) is 0 Å². The Hall–Kier alpha value is -3.14. The van der Waals surface area contributed by atoms with Crippen LogP contribution in [0.1, 0.15) is 19.4 Å². The van der Waals surface area contributed by atoms with Gasteiger partial charge in [0.25, 0.3) is 0 Å². The molecule has 1 aromatic heterocycles. The summed E-state index contributed by atoms with van der Waals surface area (Å²) in [5.41, 5.74) is 3.33. The quantitative estimate of drug-likeness (QED) is 0.709. The molecular weight excluding hydrogens is 324 g/mol. The number of hydrogen-bond acceptors (Lipinski definition) is 3. The van der Waals surface area contributed by atoms with Crippen molar-refractivity contribution in [2.24, 2.45) is 0 Å². The summed E-state index contributed by atoms with van der Waals surface area (Å²) in [6, 6.07) is 22.0. The van der Waals surface area contributed by atoms with Gasteiger partial charge in [-0.1, -0.05) is 42.5 Å². The normalized spacial score (nSPS) is 11.6. The largest absolute Gasteiger partial charge is 0.439 e. The highest BCUT2D eigenvalue weighted by Crippen LogP contribution is 2.25. The summed E-state index contributed by atoms with van der Waals surface area (Å²) in [6.45, 7) is 3.55. The molecule has 1 N–H and O–H groups in total. The number of para-hydroxylation sites is 1. The van der Waals surface area contributed by atoms with Gasteiger partial charge >= 0.3 is 0 Å². The van der Waals surface area contributed by atoms with Crippen molar-refractivity contribution in [2.45, 2.75) is 26.3 Å². The molecule has 0 aliphatic carbocycles. The third kappa shape index (κ3) is 4.93. The lowest BCUT2D eigenvalue weighted by Gasteiger charge is -2.13. The first-order valence-electron chi connectivity index (χ1n) is 8.65. The summed E-state index contributed by atoms with van der Waals surface area (Å²) in [7, 11) is 0. The van der Waals surface area contributed by atoms with E-state index in [0.717, 1.165) is 23.3 Å². The van der Waals surface area contributed by atoms with E-state index in [1.165, 1.54) is 12.5 Å². The van der Waals surface area contributed by atoms with Crippen molar-refractivity contribution in [2.75, 3.05) is 0 Å². The Morgan fingerprint density at radius 2 is 1.77 bits per heavy atom. The summed E-state index contributed by atoms with van der Waals surface area (Å²) < 4.78 is 5.80. The number of pyridine rings is 1. The molecule has 0 saturated carbocycles. The zero-order valence-electron chi connectivity index (χ0n) is 15.0. The highest BCUT2D eigenvalue weighted by molar-refractivity contribution is 5.73. The van der Waals surface area contributed by atoms with Crippen LogP contribution in [-0.4, -0.2) is 16.9 Å². The lowest BCUT2D eigenvalue weighted by atomic mass is 10.0. The molecule has 1 atom stereocenters. The summed E-state index contributed by atoms with van der Waals surface area (Å²) >= 11 is 0. The van der Waals surface area contributed by atoms with E-state index in [4.69, 9.17) is 4.74 Å². The van der Waals surface area contributed by atoms with E-state index >= 15 is 0 Å². The number of carbonyl (C=O) groups is 1. The van der Waals surface area contributed by atoms with Crippen LogP contribution in [-0.2, 0) is 11.2 Å². The van der Waals surface area contributed by atoms with E-state index in [1.807, 2.05) is 49.4 Å². The number of rotatable bonds is 6. The Bertz CT molecular complexity index is 861. The summed E-state index contributed by atoms with van der Waals surface area (Å²) in [5, 5.41) is 2.90. The lowest BCUT2D eigenvalue weighted by Crippen LogP contribution is -2.31. The fourth-order valence-electron chi connectivity index (χ4n) is 2.84. The van der Waals surface area contributed by atoms with Crippen molar-refractivity contribution in [1.29, 1.82) is 0 Å². The Balaban J connectivity index is 1.71. The molecule has 1 heterocycles. The zero-order valence-corrected chi connectivity index (χ0v) is 15.0. The van der Waals surface area contributed by atoms with Crippen molar-refractivity contribution in [3.63, 3.8) is 0 Å². The van der Waals surface area contributed by atoms with E-state index in [9.17, 15) is 4.79 Å². The number of carbonyl (C=O) groups excluding carboxylic acids is 1. The predicted molar refractivity (Wildman–Crippen MR) is 103 cm³/mol. The van der Waals surface area contributed by atoms with Crippen LogP contribution in [0.5, 0.6) is 11.6 Å². The zero-order chi connectivity index (χ0) is 18.4. The molecule has 2 aromatic carbocycles. The maximum absolute atomic E-state index is 11.1. The Morgan fingerprint density at radius 1 is 1.04 bits per heavy atom. The van der Waals surface area contributed by atoms with Crippen molar-refractivity contribution in [3.8, 4) is 22.8 Å². The van der Waals surface area contributed by atoms with Crippen LogP contribution >= 0.6 is 0 Å². The fraction of sp³-hybridized carbons (Fsp3) is 0.182. The molecule has 0 aliphatic heterocycles. The molecule has 1 amide bonds. The Morgan fingerprint density at radius 3 is 2.46 bits per heavy atom. The van der Waals surface area contributed by atoms with E-state index in [2.05, 4.69) is 34.6 Å². The topological polar surface area (TPSA) is 51.2 Å². The molecule has 3 rings (SSSR count). The molecule has 0 fully saturated rings. The number of aromatic nitrogens is 1. The van der Waals surface area contributed by atoms with Crippen molar-refractivity contribution >= 4 is 5.91 Å². The van der Waals surface area contributed by atoms with Crippen molar-refractivity contribution in [1.82, 2.24) is 10.3 Å². The molecule has 4 heteroatoms. The van der Waals surface area contributed by atoms with E-state index in [0.29, 0.717) is 5.88 Å². The maximum Gasteiger partial charge on any atom is 0.219 e. The number of amides is 1. The number of benzene rings is 2. The first kappa shape index (κ1) is 17.7. The van der Waals surface area contributed by atoms with E-state index in [-0.39, 0.29) is 11.9 Å². The van der Waals surface area contributed by atoms with Gasteiger partial charge in [-0.25, -0.2) is 4.98 Å². The van der Waals surface area contributed by atoms with Crippen LogP contribution in [0.3, 0.4) is 0 Å². The molecule has 0 saturated heterocycles. The number of nitrogens with one attached hydrogen (secondary N) is 1. The Labute approximate surface area is 153 Å². The number of hydrogen-bond donors (Lipinski definition) is 1. The van der Waals surface area contributed by atoms with Gasteiger partial charge in [0.2, 0.25) is 11.8 Å². The second kappa shape index (κ2) is 8.30. The molecular formula is C22H22N2O2. The van der Waals surface area contributed by atoms with Gasteiger partial charge in [-0.15, -0.1) is 0 Å². The first-order valence-corrected chi connectivity index (χ1v) is 8.65. The molecule has 1 unspecified atom stereocenters. The molecule has 132 valence electrons. The SMILES string of the molecule is CC(=O)NC(C)Cc1ccc(-c2ccnc(Oc3ccccc3)c2)cc1. The average molecular weight is 346 g/mol. The minimum atomic E-state index is -0.00292. The minimum Gasteiger partial charge on any atom is -0.439 e. The summed E-state index contributed by atoms with van der Waals surface area (Å²) in [6.07, 6.45) is 2.55. The first-order chi connectivity index (χ1) is 12.6. The molecule has 0 aliphatic rings. The highest BCUT2D eigenvalue weighted by Gasteiger charge is 2.06. The Kier molecular flexibility index (Phi) is 5.64. The average Bonchev–Trinajstić information content (AvgIpc) is 2.63. The van der Waals surface area contributed by atoms with Gasteiger partial charge in [0.15, 0.2) is 0 Å². The standard InChI is InChI=1S/C22H22N2O2/c1-16(24-17(2)25)14-18-8-10-19(11-9-18)20-12-13-23-22(15-20)26-21-6-4-3-5-7-21/h3-13,15-16H,14H2,1-2H3,(H,24,25). The second-order valence-corrected chi connectivity index (χ2v) is 6.30. The second-order valence-electron chi connectivity index (χ2n) is 6.30. The predicted octanol–water partition coefficient (Wildman–Crippen LogP) is 4.61. The third-order valence-corrected chi connectivity index (χ3v) is 3.98. The van der Waals surface area contributed by atoms with E-state index in [1.54, 1.807) is 6.20 Å². The number of ether oxygens (including phenoxy) is 1. The maximum atomic E-state index is 11.1. The molecule has 3 aromatic rings. The molecule has 0 bridgehead atoms. The molecule has 26 heavy (non-hydrogen) atoms. The van der Waals surface area contributed by atoms with Crippen molar-refractivity contribution < 1.29 is 9.53 Å². The smallest absolute Gasteiger partial charge is 0.219 e. The number of nitrogens with zero attached hydrogens (tertiary/aromatic N) is 1. The van der Waals surface area contributed by atoms with Gasteiger partial charge in [0, 0.05) is 25.2 Å². The van der Waals surface area contributed by atoms with Crippen LogP contribution in [0, 0.1) is 0 Å². The fourth-order valence-corrected chi connectivity index (χ4v) is 2.84. The lowest BCUT2D eigenvalue weighted by molar-refractivity contribution is -0.119. The highest BCUT2D eigenvalue weighted by atomic mass is 16.5. The van der Waals surface area contributed by atoms with Gasteiger partial charge in [-0.3, -0.25) is 4.79 Å². The van der Waals surface area contributed by atoms with Crippen LogP contribution in [0.25, 0.3) is 11.1 Å². The van der Waals surface area contributed by atoms with Crippen LogP contribution < -0.4 is 10.1 Å². The van der Waals surface area contributed by atoms with Gasteiger partial charge in [0.1, 0.15) is 5.75 Å². The van der Waals surface area contributed by atoms with Crippen molar-refractivity contribution in [3.05, 3.63) is 78.5 Å². The van der Waals surface area contributed by atoms with Crippen LogP contribution in [0.15, 0.2) is 72.9 Å². The van der Waals surface area contributed by atoms with Crippen LogP contribution in [0.2, 0.25) is 0 Å². The molecule has 0 radical (unpaired) electrons. The minimum absolute atomic E-state index is 0.00292. The third-order valence-electron chi connectivity index (χ3n) is 3.98. The van der Waals surface area contributed by atoms with Gasteiger partial charge < -0.3 is 10.1 Å².